The molecule has 4 aromatic rings. The molecule has 2 saturated heterocycles. The van der Waals surface area contributed by atoms with Gasteiger partial charge in [0.25, 0.3) is 0 Å². The Labute approximate surface area is 280 Å². The lowest BCUT2D eigenvalue weighted by Crippen LogP contribution is -2.49. The topological polar surface area (TPSA) is 95.0 Å². The first-order valence-corrected chi connectivity index (χ1v) is 16.3. The zero-order chi connectivity index (χ0) is 33.6. The van der Waals surface area contributed by atoms with Crippen LogP contribution in [0, 0.1) is 34.9 Å². The quantitative estimate of drug-likeness (QED) is 0.182. The van der Waals surface area contributed by atoms with Gasteiger partial charge in [-0.25, -0.2) is 9.29 Å². The number of fused-ring (bicyclic) bond motifs is 5. The second kappa shape index (κ2) is 10.7. The second-order valence-corrected chi connectivity index (χ2v) is 13.7. The van der Waals surface area contributed by atoms with Gasteiger partial charge in [0.2, 0.25) is 23.6 Å². The van der Waals surface area contributed by atoms with Crippen LogP contribution in [0.4, 0.5) is 15.8 Å². The van der Waals surface area contributed by atoms with Crippen LogP contribution in [-0.4, -0.2) is 28.7 Å². The number of carbonyl (C=O) groups excluding carboxylic acids is 4. The third-order valence-corrected chi connectivity index (χ3v) is 11.4. The molecule has 9 heteroatoms. The monoisotopic (exact) mass is 660 g/mol. The number of aromatic hydroxyl groups is 1. The van der Waals surface area contributed by atoms with Gasteiger partial charge >= 0.3 is 0 Å². The van der Waals surface area contributed by atoms with Crippen LogP contribution in [0.15, 0.2) is 97.1 Å². The van der Waals surface area contributed by atoms with Crippen molar-refractivity contribution in [2.24, 2.45) is 29.1 Å². The average Bonchev–Trinajstić information content (AvgIpc) is 3.46. The molecule has 4 aromatic carbocycles. The summed E-state index contributed by atoms with van der Waals surface area (Å²) >= 11 is 6.12. The summed E-state index contributed by atoms with van der Waals surface area (Å²) in [5, 5.41) is 11.9. The molecule has 8 rings (SSSR count). The number of amides is 4. The molecule has 48 heavy (non-hydrogen) atoms. The maximum Gasteiger partial charge on any atom is 0.241 e. The van der Waals surface area contributed by atoms with E-state index >= 15 is 0 Å². The Hall–Kier alpha value is -5.08. The molecular weight excluding hydrogens is 631 g/mol. The summed E-state index contributed by atoms with van der Waals surface area (Å²) in [6.45, 7) is 5.56. The molecule has 6 unspecified atom stereocenters. The van der Waals surface area contributed by atoms with Crippen molar-refractivity contribution in [2.45, 2.75) is 25.7 Å². The van der Waals surface area contributed by atoms with Crippen molar-refractivity contribution in [3.63, 3.8) is 0 Å². The van der Waals surface area contributed by atoms with Crippen molar-refractivity contribution in [1.82, 2.24) is 0 Å². The van der Waals surface area contributed by atoms with Crippen LogP contribution < -0.4 is 9.80 Å². The Bertz CT molecular complexity index is 2140. The first-order chi connectivity index (χ1) is 23.1. The van der Waals surface area contributed by atoms with Gasteiger partial charge < -0.3 is 5.11 Å². The highest BCUT2D eigenvalue weighted by molar-refractivity contribution is 6.32. The van der Waals surface area contributed by atoms with Crippen molar-refractivity contribution in [3.8, 4) is 5.75 Å². The molecular formula is C39H30ClFN2O5. The highest BCUT2D eigenvalue weighted by Crippen LogP contribution is 2.64. The van der Waals surface area contributed by atoms with Crippen LogP contribution in [0.3, 0.4) is 0 Å². The van der Waals surface area contributed by atoms with Crippen LogP contribution in [0.5, 0.6) is 5.75 Å². The van der Waals surface area contributed by atoms with Gasteiger partial charge in [-0.2, -0.15) is 0 Å². The Kier molecular flexibility index (Phi) is 6.76. The SMILES string of the molecule is C=Cc1ccc(N2C(=O)C3CC=C4C(CC5C(=O)N(c6ccc(F)c(Cl)c6)C(=O)C5(C)C4c4ccc(O)c5ccccc45)C3C2=O)cc1. The maximum atomic E-state index is 14.7. The number of phenolic OH excluding ortho intramolecular Hbond substituents is 1. The van der Waals surface area contributed by atoms with Crippen LogP contribution in [0.1, 0.15) is 36.8 Å². The number of hydrogen-bond donors (Lipinski definition) is 1. The Morgan fingerprint density at radius 2 is 1.58 bits per heavy atom. The molecule has 2 aliphatic carbocycles. The number of hydrogen-bond acceptors (Lipinski definition) is 5. The molecule has 3 fully saturated rings. The van der Waals surface area contributed by atoms with E-state index < -0.39 is 52.6 Å². The van der Waals surface area contributed by atoms with E-state index in [0.29, 0.717) is 22.9 Å². The van der Waals surface area contributed by atoms with Crippen molar-refractivity contribution in [3.05, 3.63) is 119 Å². The number of rotatable bonds is 4. The van der Waals surface area contributed by atoms with Crippen LogP contribution in [-0.2, 0) is 19.2 Å². The number of anilines is 2. The molecule has 4 amide bonds. The summed E-state index contributed by atoms with van der Waals surface area (Å²) < 4.78 is 14.2. The Morgan fingerprint density at radius 1 is 0.875 bits per heavy atom. The molecule has 2 heterocycles. The van der Waals surface area contributed by atoms with Crippen molar-refractivity contribution < 1.29 is 28.7 Å². The molecule has 0 radical (unpaired) electrons. The summed E-state index contributed by atoms with van der Waals surface area (Å²) in [4.78, 5) is 59.8. The summed E-state index contributed by atoms with van der Waals surface area (Å²) in [6, 6.07) is 21.5. The number of nitrogens with zero attached hydrogens (tertiary/aromatic N) is 2. The van der Waals surface area contributed by atoms with Crippen molar-refractivity contribution in [1.29, 1.82) is 0 Å². The highest BCUT2D eigenvalue weighted by atomic mass is 35.5. The summed E-state index contributed by atoms with van der Waals surface area (Å²) in [5.41, 5.74) is 1.75. The Morgan fingerprint density at radius 3 is 2.29 bits per heavy atom. The van der Waals surface area contributed by atoms with Crippen LogP contribution >= 0.6 is 11.6 Å². The number of carbonyl (C=O) groups is 4. The number of imide groups is 2. The van der Waals surface area contributed by atoms with E-state index in [1.807, 2.05) is 24.3 Å². The lowest BCUT2D eigenvalue weighted by atomic mass is 9.51. The predicted octanol–water partition coefficient (Wildman–Crippen LogP) is 7.42. The van der Waals surface area contributed by atoms with E-state index in [1.54, 1.807) is 55.5 Å². The van der Waals surface area contributed by atoms with E-state index in [1.165, 1.54) is 17.0 Å². The number of halogens is 2. The zero-order valence-corrected chi connectivity index (χ0v) is 26.7. The van der Waals surface area contributed by atoms with Crippen molar-refractivity contribution >= 4 is 63.5 Å². The summed E-state index contributed by atoms with van der Waals surface area (Å²) in [5.74, 6) is -5.54. The molecule has 6 atom stereocenters. The van der Waals surface area contributed by atoms with E-state index in [0.717, 1.165) is 27.7 Å². The minimum absolute atomic E-state index is 0.0761. The molecule has 7 nitrogen and oxygen atoms in total. The molecule has 1 saturated carbocycles. The van der Waals surface area contributed by atoms with Gasteiger partial charge in [0.05, 0.1) is 39.6 Å². The van der Waals surface area contributed by atoms with Crippen LogP contribution in [0.25, 0.3) is 16.8 Å². The fourth-order valence-corrected chi connectivity index (χ4v) is 8.98. The van der Waals surface area contributed by atoms with Gasteiger partial charge in [-0.3, -0.25) is 24.1 Å². The molecule has 2 aliphatic heterocycles. The van der Waals surface area contributed by atoms with Gasteiger partial charge in [0.1, 0.15) is 11.6 Å². The molecule has 0 spiro atoms. The van der Waals surface area contributed by atoms with Crippen molar-refractivity contribution in [2.75, 3.05) is 9.80 Å². The standard InChI is InChI=1S/C39H30ClFN2O5/c1-3-20-8-10-21(11-9-20)42-35(45)27-14-13-26-28(33(27)37(42)47)19-29-36(46)43(22-12-16-31(41)30(40)18-22)38(48)39(29,2)34(26)25-15-17-32(44)24-7-5-4-6-23(24)25/h3-13,15-18,27-29,33-34,44H,1,14,19H2,2H3. The molecule has 240 valence electrons. The first-order valence-electron chi connectivity index (χ1n) is 15.9. The number of phenols is 1. The maximum absolute atomic E-state index is 14.7. The third kappa shape index (κ3) is 4.05. The van der Waals surface area contributed by atoms with Crippen LogP contribution in [0.2, 0.25) is 5.02 Å². The summed E-state index contributed by atoms with van der Waals surface area (Å²) in [6.07, 6.45) is 4.15. The molecule has 1 N–H and O–H groups in total. The minimum Gasteiger partial charge on any atom is -0.507 e. The summed E-state index contributed by atoms with van der Waals surface area (Å²) in [7, 11) is 0. The smallest absolute Gasteiger partial charge is 0.241 e. The van der Waals surface area contributed by atoms with Gasteiger partial charge in [-0.05, 0) is 78.6 Å². The van der Waals surface area contributed by atoms with E-state index in [4.69, 9.17) is 11.6 Å². The van der Waals surface area contributed by atoms with Gasteiger partial charge in [0.15, 0.2) is 0 Å². The normalized spacial score (nSPS) is 28.0. The van der Waals surface area contributed by atoms with Gasteiger partial charge in [-0.15, -0.1) is 0 Å². The lowest BCUT2D eigenvalue weighted by molar-refractivity contribution is -0.131. The Balaban J connectivity index is 1.30. The average molecular weight is 661 g/mol. The first kappa shape index (κ1) is 30.3. The van der Waals surface area contributed by atoms with E-state index in [-0.39, 0.29) is 34.7 Å². The third-order valence-electron chi connectivity index (χ3n) is 11.1. The van der Waals surface area contributed by atoms with E-state index in [9.17, 15) is 28.7 Å². The number of benzene rings is 4. The largest absolute Gasteiger partial charge is 0.507 e. The van der Waals surface area contributed by atoms with Gasteiger partial charge in [-0.1, -0.05) is 78.4 Å². The molecule has 4 aliphatic rings. The molecule has 0 bridgehead atoms. The predicted molar refractivity (Wildman–Crippen MR) is 181 cm³/mol. The fourth-order valence-electron chi connectivity index (χ4n) is 8.80. The minimum atomic E-state index is -1.31. The second-order valence-electron chi connectivity index (χ2n) is 13.3. The highest BCUT2D eigenvalue weighted by Gasteiger charge is 2.67. The number of allylic oxidation sites excluding steroid dienone is 2. The fraction of sp³-hybridized carbons (Fsp3) is 0.231. The van der Waals surface area contributed by atoms with E-state index in [2.05, 4.69) is 6.58 Å². The van der Waals surface area contributed by atoms with Gasteiger partial charge in [0, 0.05) is 11.3 Å². The zero-order valence-electron chi connectivity index (χ0n) is 25.9. The lowest BCUT2D eigenvalue weighted by Gasteiger charge is -2.49. The molecule has 0 aromatic heterocycles.